The average Bonchev–Trinajstić information content (AvgIpc) is 2.57. The number of hydrogen-bond donors (Lipinski definition) is 0. The number of carbonyl (C=O) groups is 1. The number of amides is 1. The van der Waals surface area contributed by atoms with E-state index in [1.807, 2.05) is 16.7 Å². The van der Waals surface area contributed by atoms with Crippen molar-refractivity contribution in [2.75, 3.05) is 24.6 Å². The summed E-state index contributed by atoms with van der Waals surface area (Å²) in [7, 11) is 0. The topological polar surface area (TPSA) is 20.3 Å². The molecule has 2 rings (SSSR count). The fraction of sp³-hybridized carbons (Fsp3) is 0.700. The van der Waals surface area contributed by atoms with Crippen molar-refractivity contribution in [3.8, 4) is 0 Å². The Bertz CT molecular complexity index is 253. The van der Waals surface area contributed by atoms with E-state index in [0.717, 1.165) is 13.1 Å². The van der Waals surface area contributed by atoms with E-state index in [4.69, 9.17) is 0 Å². The molecule has 0 aliphatic carbocycles. The van der Waals surface area contributed by atoms with E-state index >= 15 is 0 Å². The van der Waals surface area contributed by atoms with E-state index in [1.165, 1.54) is 17.6 Å². The van der Waals surface area contributed by atoms with Crippen LogP contribution in [0.2, 0.25) is 0 Å². The summed E-state index contributed by atoms with van der Waals surface area (Å²) in [5.41, 5.74) is 0.378. The van der Waals surface area contributed by atoms with Gasteiger partial charge in [-0.1, -0.05) is 13.5 Å². The molecule has 0 aromatic rings. The van der Waals surface area contributed by atoms with Crippen LogP contribution in [0.4, 0.5) is 0 Å². The van der Waals surface area contributed by atoms with Gasteiger partial charge in [-0.15, -0.1) is 0 Å². The highest BCUT2D eigenvalue weighted by atomic mass is 32.2. The van der Waals surface area contributed by atoms with Crippen LogP contribution in [0.1, 0.15) is 6.92 Å². The average molecular weight is 197 g/mol. The fourth-order valence-corrected chi connectivity index (χ4v) is 3.97. The summed E-state index contributed by atoms with van der Waals surface area (Å²) in [6.07, 6.45) is 1.43. The third-order valence-electron chi connectivity index (χ3n) is 3.22. The Labute approximate surface area is 83.4 Å². The van der Waals surface area contributed by atoms with Gasteiger partial charge in [0.05, 0.1) is 0 Å². The number of likely N-dealkylation sites (tertiary alicyclic amines) is 1. The summed E-state index contributed by atoms with van der Waals surface area (Å²) in [6, 6.07) is 0. The van der Waals surface area contributed by atoms with Crippen molar-refractivity contribution >= 4 is 17.7 Å². The molecular formula is C10H15NOS. The summed E-state index contributed by atoms with van der Waals surface area (Å²) in [6.45, 7) is 7.69. The van der Waals surface area contributed by atoms with Gasteiger partial charge in [-0.2, -0.15) is 11.8 Å². The van der Waals surface area contributed by atoms with E-state index in [9.17, 15) is 4.79 Å². The van der Waals surface area contributed by atoms with Gasteiger partial charge in [0.2, 0.25) is 5.91 Å². The maximum Gasteiger partial charge on any atom is 0.245 e. The first kappa shape index (κ1) is 9.13. The molecule has 72 valence electrons. The zero-order valence-corrected chi connectivity index (χ0v) is 8.77. The molecule has 2 heterocycles. The standard InChI is InChI=1S/C10H15NOS/c1-3-9(12)11-4-8-5-13-7-10(8,2)6-11/h3,8H,1,4-7H2,2H3/t8-,10+/m1/s1. The van der Waals surface area contributed by atoms with Gasteiger partial charge in [0, 0.05) is 18.8 Å². The highest BCUT2D eigenvalue weighted by molar-refractivity contribution is 7.99. The lowest BCUT2D eigenvalue weighted by molar-refractivity contribution is -0.125. The zero-order valence-electron chi connectivity index (χ0n) is 7.95. The Morgan fingerprint density at radius 1 is 1.77 bits per heavy atom. The van der Waals surface area contributed by atoms with Crippen LogP contribution in [0.15, 0.2) is 12.7 Å². The van der Waals surface area contributed by atoms with Crippen LogP contribution in [-0.4, -0.2) is 35.4 Å². The third-order valence-corrected chi connectivity index (χ3v) is 4.72. The molecule has 2 saturated heterocycles. The molecule has 2 nitrogen and oxygen atoms in total. The number of thioether (sulfide) groups is 1. The van der Waals surface area contributed by atoms with Gasteiger partial charge in [0.25, 0.3) is 0 Å². The first-order chi connectivity index (χ1) is 6.15. The molecular weight excluding hydrogens is 182 g/mol. The molecule has 0 bridgehead atoms. The fourth-order valence-electron chi connectivity index (χ4n) is 2.26. The molecule has 1 amide bonds. The predicted octanol–water partition coefficient (Wildman–Crippen LogP) is 1.38. The van der Waals surface area contributed by atoms with Crippen molar-refractivity contribution < 1.29 is 4.79 Å². The number of carbonyl (C=O) groups excluding carboxylic acids is 1. The van der Waals surface area contributed by atoms with Gasteiger partial charge in [0.1, 0.15) is 0 Å². The van der Waals surface area contributed by atoms with E-state index in [1.54, 1.807) is 0 Å². The molecule has 2 aliphatic rings. The Kier molecular flexibility index (Phi) is 2.14. The van der Waals surface area contributed by atoms with Crippen molar-refractivity contribution in [1.29, 1.82) is 0 Å². The molecule has 13 heavy (non-hydrogen) atoms. The highest BCUT2D eigenvalue weighted by Crippen LogP contribution is 2.45. The molecule has 0 aromatic heterocycles. The third kappa shape index (κ3) is 1.39. The van der Waals surface area contributed by atoms with Crippen LogP contribution in [0.5, 0.6) is 0 Å². The minimum atomic E-state index is 0.0978. The molecule has 0 unspecified atom stereocenters. The Morgan fingerprint density at radius 2 is 2.54 bits per heavy atom. The number of nitrogens with zero attached hydrogens (tertiary/aromatic N) is 1. The van der Waals surface area contributed by atoms with E-state index in [0.29, 0.717) is 11.3 Å². The van der Waals surface area contributed by atoms with Gasteiger partial charge in [-0.3, -0.25) is 4.79 Å². The maximum absolute atomic E-state index is 11.4. The maximum atomic E-state index is 11.4. The highest BCUT2D eigenvalue weighted by Gasteiger charge is 2.47. The normalized spacial score (nSPS) is 37.6. The molecule has 2 atom stereocenters. The van der Waals surface area contributed by atoms with Crippen molar-refractivity contribution in [1.82, 2.24) is 4.90 Å². The van der Waals surface area contributed by atoms with E-state index < -0.39 is 0 Å². The zero-order chi connectivity index (χ0) is 9.47. The van der Waals surface area contributed by atoms with Crippen LogP contribution >= 0.6 is 11.8 Å². The Hall–Kier alpha value is -0.440. The minimum Gasteiger partial charge on any atom is -0.338 e. The number of rotatable bonds is 1. The SMILES string of the molecule is C=CC(=O)N1C[C@@H]2CSC[C@]2(C)C1. The van der Waals surface area contributed by atoms with Gasteiger partial charge in [-0.25, -0.2) is 0 Å². The predicted molar refractivity (Wildman–Crippen MR) is 55.7 cm³/mol. The second-order valence-electron chi connectivity index (χ2n) is 4.29. The van der Waals surface area contributed by atoms with Crippen LogP contribution < -0.4 is 0 Å². The quantitative estimate of drug-likeness (QED) is 0.592. The lowest BCUT2D eigenvalue weighted by atomic mass is 9.84. The summed E-state index contributed by atoms with van der Waals surface area (Å²) in [4.78, 5) is 13.3. The molecule has 0 spiro atoms. The summed E-state index contributed by atoms with van der Waals surface area (Å²) in [5, 5.41) is 0. The van der Waals surface area contributed by atoms with Crippen LogP contribution in [-0.2, 0) is 4.79 Å². The lowest BCUT2D eigenvalue weighted by Gasteiger charge is -2.21. The molecule has 0 radical (unpaired) electrons. The first-order valence-corrected chi connectivity index (χ1v) is 5.80. The van der Waals surface area contributed by atoms with Gasteiger partial charge in [-0.05, 0) is 23.2 Å². The summed E-state index contributed by atoms with van der Waals surface area (Å²) < 4.78 is 0. The Balaban J connectivity index is 2.09. The molecule has 2 aliphatic heterocycles. The molecule has 3 heteroatoms. The van der Waals surface area contributed by atoms with Crippen molar-refractivity contribution in [2.24, 2.45) is 11.3 Å². The summed E-state index contributed by atoms with van der Waals surface area (Å²) >= 11 is 2.02. The van der Waals surface area contributed by atoms with Crippen LogP contribution in [0, 0.1) is 11.3 Å². The first-order valence-electron chi connectivity index (χ1n) is 4.65. The van der Waals surface area contributed by atoms with Crippen LogP contribution in [0.25, 0.3) is 0 Å². The lowest BCUT2D eigenvalue weighted by Crippen LogP contribution is -2.30. The second-order valence-corrected chi connectivity index (χ2v) is 5.32. The Morgan fingerprint density at radius 3 is 3.15 bits per heavy atom. The van der Waals surface area contributed by atoms with Crippen molar-refractivity contribution in [3.63, 3.8) is 0 Å². The van der Waals surface area contributed by atoms with Gasteiger partial charge < -0.3 is 4.90 Å². The van der Waals surface area contributed by atoms with E-state index in [-0.39, 0.29) is 5.91 Å². The smallest absolute Gasteiger partial charge is 0.245 e. The largest absolute Gasteiger partial charge is 0.338 e. The molecule has 2 fully saturated rings. The second kappa shape index (κ2) is 3.05. The van der Waals surface area contributed by atoms with Crippen molar-refractivity contribution in [2.45, 2.75) is 6.92 Å². The number of fused-ring (bicyclic) bond motifs is 1. The van der Waals surface area contributed by atoms with Crippen molar-refractivity contribution in [3.05, 3.63) is 12.7 Å². The molecule has 0 N–H and O–H groups in total. The molecule has 0 saturated carbocycles. The van der Waals surface area contributed by atoms with Crippen LogP contribution in [0.3, 0.4) is 0 Å². The minimum absolute atomic E-state index is 0.0978. The van der Waals surface area contributed by atoms with Gasteiger partial charge >= 0.3 is 0 Å². The van der Waals surface area contributed by atoms with E-state index in [2.05, 4.69) is 13.5 Å². The summed E-state index contributed by atoms with van der Waals surface area (Å²) in [5.74, 6) is 3.23. The van der Waals surface area contributed by atoms with Gasteiger partial charge in [0.15, 0.2) is 0 Å². The molecule has 0 aromatic carbocycles. The monoisotopic (exact) mass is 197 g/mol. The number of hydrogen-bond acceptors (Lipinski definition) is 2.